The zero-order chi connectivity index (χ0) is 15.6. The standard InChI is InChI=1S/C19H21N3S/c20-11-14-4-3-9-22(12-14)19-21-18(13-23-19)17-8-7-15-5-1-2-6-16(15)10-17/h1-2,5-8,10,13-14H,3-4,9,11-12,20H2. The van der Waals surface area contributed by atoms with Crippen molar-refractivity contribution in [3.05, 3.63) is 47.8 Å². The molecule has 2 N–H and O–H groups in total. The Kier molecular flexibility index (Phi) is 4.02. The molecule has 0 amide bonds. The quantitative estimate of drug-likeness (QED) is 0.788. The smallest absolute Gasteiger partial charge is 0.185 e. The van der Waals surface area contributed by atoms with Crippen LogP contribution in [0.2, 0.25) is 0 Å². The molecule has 2 aromatic carbocycles. The van der Waals surface area contributed by atoms with Gasteiger partial charge in [-0.15, -0.1) is 11.3 Å². The first-order valence-corrected chi connectivity index (χ1v) is 9.11. The van der Waals surface area contributed by atoms with Crippen molar-refractivity contribution in [2.45, 2.75) is 12.8 Å². The molecule has 1 aromatic heterocycles. The minimum atomic E-state index is 0.608. The zero-order valence-corrected chi connectivity index (χ0v) is 13.9. The van der Waals surface area contributed by atoms with Crippen molar-refractivity contribution < 1.29 is 0 Å². The van der Waals surface area contributed by atoms with Gasteiger partial charge in [-0.2, -0.15) is 0 Å². The molecule has 4 heteroatoms. The van der Waals surface area contributed by atoms with Gasteiger partial charge in [0.2, 0.25) is 0 Å². The summed E-state index contributed by atoms with van der Waals surface area (Å²) in [6.07, 6.45) is 2.46. The molecule has 0 bridgehead atoms. The van der Waals surface area contributed by atoms with Crippen LogP contribution in [-0.2, 0) is 0 Å². The predicted octanol–water partition coefficient (Wildman–Crippen LogP) is 4.14. The second-order valence-electron chi connectivity index (χ2n) is 6.27. The van der Waals surface area contributed by atoms with Gasteiger partial charge in [-0.05, 0) is 42.1 Å². The molecule has 1 atom stereocenters. The molecule has 4 rings (SSSR count). The van der Waals surface area contributed by atoms with E-state index in [1.165, 1.54) is 29.2 Å². The first-order valence-electron chi connectivity index (χ1n) is 8.23. The van der Waals surface area contributed by atoms with Crippen LogP contribution in [-0.4, -0.2) is 24.6 Å². The van der Waals surface area contributed by atoms with E-state index < -0.39 is 0 Å². The van der Waals surface area contributed by atoms with Crippen molar-refractivity contribution in [2.75, 3.05) is 24.5 Å². The lowest BCUT2D eigenvalue weighted by Gasteiger charge is -2.31. The van der Waals surface area contributed by atoms with Gasteiger partial charge >= 0.3 is 0 Å². The Morgan fingerprint density at radius 3 is 2.91 bits per heavy atom. The second kappa shape index (κ2) is 6.30. The summed E-state index contributed by atoms with van der Waals surface area (Å²) in [5, 5.41) is 5.84. The zero-order valence-electron chi connectivity index (χ0n) is 13.1. The van der Waals surface area contributed by atoms with Crippen molar-refractivity contribution >= 4 is 27.2 Å². The van der Waals surface area contributed by atoms with Crippen LogP contribution in [0.4, 0.5) is 5.13 Å². The Bertz CT molecular complexity index is 811. The number of nitrogens with two attached hydrogens (primary N) is 1. The maximum Gasteiger partial charge on any atom is 0.185 e. The van der Waals surface area contributed by atoms with Crippen LogP contribution in [0.3, 0.4) is 0 Å². The van der Waals surface area contributed by atoms with E-state index in [2.05, 4.69) is 52.7 Å². The molecular formula is C19H21N3S. The number of fused-ring (bicyclic) bond motifs is 1. The maximum atomic E-state index is 5.85. The molecule has 3 nitrogen and oxygen atoms in total. The van der Waals surface area contributed by atoms with E-state index in [1.54, 1.807) is 11.3 Å². The van der Waals surface area contributed by atoms with Crippen molar-refractivity contribution in [3.63, 3.8) is 0 Å². The highest BCUT2D eigenvalue weighted by Crippen LogP contribution is 2.31. The summed E-state index contributed by atoms with van der Waals surface area (Å²) in [5.41, 5.74) is 8.12. The van der Waals surface area contributed by atoms with E-state index in [9.17, 15) is 0 Å². The average Bonchev–Trinajstić information content (AvgIpc) is 3.11. The summed E-state index contributed by atoms with van der Waals surface area (Å²) in [7, 11) is 0. The topological polar surface area (TPSA) is 42.1 Å². The highest BCUT2D eigenvalue weighted by atomic mass is 32.1. The van der Waals surface area contributed by atoms with Crippen molar-refractivity contribution in [1.29, 1.82) is 0 Å². The van der Waals surface area contributed by atoms with Gasteiger partial charge in [0.25, 0.3) is 0 Å². The molecule has 0 aliphatic carbocycles. The van der Waals surface area contributed by atoms with Gasteiger partial charge in [-0.25, -0.2) is 4.98 Å². The molecule has 0 radical (unpaired) electrons. The van der Waals surface area contributed by atoms with E-state index >= 15 is 0 Å². The van der Waals surface area contributed by atoms with Gasteiger partial charge in [0.15, 0.2) is 5.13 Å². The summed E-state index contributed by atoms with van der Waals surface area (Å²) in [6, 6.07) is 15.0. The van der Waals surface area contributed by atoms with Crippen molar-refractivity contribution in [2.24, 2.45) is 11.7 Å². The SMILES string of the molecule is NCC1CCCN(c2nc(-c3ccc4ccccc4c3)cs2)C1. The summed E-state index contributed by atoms with van der Waals surface area (Å²) in [5.74, 6) is 0.608. The monoisotopic (exact) mass is 323 g/mol. The molecule has 1 aliphatic rings. The van der Waals surface area contributed by atoms with Gasteiger partial charge in [0, 0.05) is 24.0 Å². The van der Waals surface area contributed by atoms with Gasteiger partial charge in [0.1, 0.15) is 0 Å². The third-order valence-corrected chi connectivity index (χ3v) is 5.56. The Labute approximate surface area is 140 Å². The average molecular weight is 323 g/mol. The molecule has 2 heterocycles. The largest absolute Gasteiger partial charge is 0.348 e. The number of nitrogens with zero attached hydrogens (tertiary/aromatic N) is 2. The number of anilines is 1. The molecule has 23 heavy (non-hydrogen) atoms. The normalized spacial score (nSPS) is 18.5. The lowest BCUT2D eigenvalue weighted by Crippen LogP contribution is -2.38. The Hall–Kier alpha value is -1.91. The molecular weight excluding hydrogens is 302 g/mol. The van der Waals surface area contributed by atoms with Gasteiger partial charge in [-0.3, -0.25) is 0 Å². The van der Waals surface area contributed by atoms with Crippen molar-refractivity contribution in [3.8, 4) is 11.3 Å². The first kappa shape index (κ1) is 14.7. The van der Waals surface area contributed by atoms with Crippen molar-refractivity contribution in [1.82, 2.24) is 4.98 Å². The van der Waals surface area contributed by atoms with Crippen LogP contribution in [0.5, 0.6) is 0 Å². The Balaban J connectivity index is 1.61. The molecule has 1 unspecified atom stereocenters. The van der Waals surface area contributed by atoms with Gasteiger partial charge in [0.05, 0.1) is 5.69 Å². The van der Waals surface area contributed by atoms with Crippen LogP contribution in [0.1, 0.15) is 12.8 Å². The third kappa shape index (κ3) is 2.96. The molecule has 1 aliphatic heterocycles. The number of rotatable bonds is 3. The maximum absolute atomic E-state index is 5.85. The predicted molar refractivity (Wildman–Crippen MR) is 99.0 cm³/mol. The molecule has 3 aromatic rings. The fraction of sp³-hybridized carbons (Fsp3) is 0.316. The second-order valence-corrected chi connectivity index (χ2v) is 7.10. The van der Waals surface area contributed by atoms with E-state index in [4.69, 9.17) is 10.7 Å². The third-order valence-electron chi connectivity index (χ3n) is 4.66. The summed E-state index contributed by atoms with van der Waals surface area (Å²) >= 11 is 1.74. The highest BCUT2D eigenvalue weighted by Gasteiger charge is 2.21. The first-order chi connectivity index (χ1) is 11.3. The number of piperidine rings is 1. The molecule has 1 saturated heterocycles. The van der Waals surface area contributed by atoms with Crippen LogP contribution in [0, 0.1) is 5.92 Å². The summed E-state index contributed by atoms with van der Waals surface area (Å²) in [4.78, 5) is 7.28. The van der Waals surface area contributed by atoms with Crippen LogP contribution >= 0.6 is 11.3 Å². The highest BCUT2D eigenvalue weighted by molar-refractivity contribution is 7.14. The summed E-state index contributed by atoms with van der Waals surface area (Å²) < 4.78 is 0. The number of hydrogen-bond acceptors (Lipinski definition) is 4. The molecule has 0 spiro atoms. The lowest BCUT2D eigenvalue weighted by molar-refractivity contribution is 0.423. The molecule has 0 saturated carbocycles. The van der Waals surface area contributed by atoms with Crippen LogP contribution in [0.25, 0.3) is 22.0 Å². The Morgan fingerprint density at radius 1 is 1.17 bits per heavy atom. The van der Waals surface area contributed by atoms with Crippen LogP contribution < -0.4 is 10.6 Å². The van der Waals surface area contributed by atoms with E-state index in [0.29, 0.717) is 5.92 Å². The van der Waals surface area contributed by atoms with Gasteiger partial charge in [-0.1, -0.05) is 36.4 Å². The number of thiazole rings is 1. The molecule has 1 fully saturated rings. The molecule has 118 valence electrons. The minimum absolute atomic E-state index is 0.608. The number of benzene rings is 2. The lowest BCUT2D eigenvalue weighted by atomic mass is 9.99. The summed E-state index contributed by atoms with van der Waals surface area (Å²) in [6.45, 7) is 2.92. The van der Waals surface area contributed by atoms with Gasteiger partial charge < -0.3 is 10.6 Å². The number of hydrogen-bond donors (Lipinski definition) is 1. The fourth-order valence-corrected chi connectivity index (χ4v) is 4.19. The number of aromatic nitrogens is 1. The Morgan fingerprint density at radius 2 is 2.04 bits per heavy atom. The van der Waals surface area contributed by atoms with E-state index in [0.717, 1.165) is 30.5 Å². The minimum Gasteiger partial charge on any atom is -0.348 e. The van der Waals surface area contributed by atoms with E-state index in [-0.39, 0.29) is 0 Å². The fourth-order valence-electron chi connectivity index (χ4n) is 3.32. The van der Waals surface area contributed by atoms with Crippen LogP contribution in [0.15, 0.2) is 47.8 Å². The van der Waals surface area contributed by atoms with E-state index in [1.807, 2.05) is 0 Å².